The molecule has 0 aromatic carbocycles. The highest BCUT2D eigenvalue weighted by Gasteiger charge is 2.60. The molecule has 4 aliphatic carbocycles. The predicted molar refractivity (Wildman–Crippen MR) is 84.1 cm³/mol. The lowest BCUT2D eigenvalue weighted by atomic mass is 9.47. The number of carbonyl (C=O) groups is 1. The van der Waals surface area contributed by atoms with Crippen LogP contribution in [0.25, 0.3) is 0 Å². The molecule has 3 nitrogen and oxygen atoms in total. The van der Waals surface area contributed by atoms with Crippen LogP contribution >= 0.6 is 0 Å². The average molecular weight is 304 g/mol. The van der Waals surface area contributed by atoms with Gasteiger partial charge in [0.15, 0.2) is 5.78 Å². The molecule has 0 aromatic heterocycles. The summed E-state index contributed by atoms with van der Waals surface area (Å²) in [6, 6.07) is 0. The second-order valence-corrected chi connectivity index (χ2v) is 8.75. The third-order valence-electron chi connectivity index (χ3n) is 7.93. The number of aliphatic hydroxyl groups excluding tert-OH is 2. The molecule has 0 bridgehead atoms. The molecular formula is C19H28O3. The Labute approximate surface area is 132 Å². The van der Waals surface area contributed by atoms with Crippen LogP contribution in [0.2, 0.25) is 0 Å². The minimum absolute atomic E-state index is 0.00881. The Kier molecular flexibility index (Phi) is 3.16. The van der Waals surface area contributed by atoms with Crippen LogP contribution in [0, 0.1) is 28.6 Å². The van der Waals surface area contributed by atoms with E-state index in [4.69, 9.17) is 0 Å². The first-order valence-electron chi connectivity index (χ1n) is 8.97. The lowest BCUT2D eigenvalue weighted by Crippen LogP contribution is -2.54. The number of ketones is 1. The summed E-state index contributed by atoms with van der Waals surface area (Å²) >= 11 is 0. The van der Waals surface area contributed by atoms with E-state index in [0.717, 1.165) is 44.1 Å². The van der Waals surface area contributed by atoms with Crippen molar-refractivity contribution in [2.45, 2.75) is 71.0 Å². The molecule has 0 spiro atoms. The molecule has 7 atom stereocenters. The first kappa shape index (κ1) is 14.9. The van der Waals surface area contributed by atoms with E-state index in [-0.39, 0.29) is 22.7 Å². The van der Waals surface area contributed by atoms with Crippen molar-refractivity contribution in [3.05, 3.63) is 11.6 Å². The van der Waals surface area contributed by atoms with Crippen molar-refractivity contribution in [2.24, 2.45) is 28.6 Å². The van der Waals surface area contributed by atoms with E-state index in [9.17, 15) is 15.0 Å². The van der Waals surface area contributed by atoms with Crippen LogP contribution in [0.1, 0.15) is 58.8 Å². The Morgan fingerprint density at radius 1 is 1.09 bits per heavy atom. The lowest BCUT2D eigenvalue weighted by molar-refractivity contribution is -0.120. The maximum absolute atomic E-state index is 11.8. The summed E-state index contributed by atoms with van der Waals surface area (Å²) in [6.07, 6.45) is 7.65. The van der Waals surface area contributed by atoms with Gasteiger partial charge in [-0.3, -0.25) is 4.79 Å². The standard InChI is InChI=1S/C19H28O3/c1-18-7-5-11(20)9-15(18)16(21)10-12-13-3-4-17(22)19(13,2)8-6-14(12)18/h9,12-14,16-17,21-22H,3-8,10H2,1-2H3/t12-,13-,14+,16?,17?,18-,19+/m1/s1. The number of hydrogen-bond donors (Lipinski definition) is 2. The minimum atomic E-state index is -0.462. The summed E-state index contributed by atoms with van der Waals surface area (Å²) in [4.78, 5) is 11.8. The van der Waals surface area contributed by atoms with E-state index in [2.05, 4.69) is 13.8 Å². The summed E-state index contributed by atoms with van der Waals surface area (Å²) in [5, 5.41) is 21.2. The van der Waals surface area contributed by atoms with E-state index in [1.54, 1.807) is 6.08 Å². The molecule has 0 heterocycles. The van der Waals surface area contributed by atoms with Crippen molar-refractivity contribution >= 4 is 5.78 Å². The van der Waals surface area contributed by atoms with Gasteiger partial charge in [-0.25, -0.2) is 0 Å². The molecule has 0 amide bonds. The van der Waals surface area contributed by atoms with Gasteiger partial charge in [-0.05, 0) is 78.8 Å². The van der Waals surface area contributed by atoms with Crippen molar-refractivity contribution in [2.75, 3.05) is 0 Å². The van der Waals surface area contributed by atoms with Crippen LogP contribution in [0.4, 0.5) is 0 Å². The smallest absolute Gasteiger partial charge is 0.155 e. The number of fused-ring (bicyclic) bond motifs is 5. The lowest BCUT2D eigenvalue weighted by Gasteiger charge is -2.58. The highest BCUT2D eigenvalue weighted by molar-refractivity contribution is 5.91. The van der Waals surface area contributed by atoms with Gasteiger partial charge in [0.2, 0.25) is 0 Å². The summed E-state index contributed by atoms with van der Waals surface area (Å²) in [5.41, 5.74) is 1.04. The SMILES string of the molecule is C[C@]12CCC(=O)C=C1C(O)C[C@@H]1[C@H]3CCC(O)[C@@]3(C)CC[C@@H]12. The van der Waals surface area contributed by atoms with Gasteiger partial charge in [0.05, 0.1) is 12.2 Å². The van der Waals surface area contributed by atoms with Crippen molar-refractivity contribution in [1.82, 2.24) is 0 Å². The molecule has 0 saturated heterocycles. The molecule has 3 saturated carbocycles. The second kappa shape index (κ2) is 4.67. The number of aliphatic hydroxyl groups is 2. The van der Waals surface area contributed by atoms with Crippen LogP contribution in [0.3, 0.4) is 0 Å². The summed E-state index contributed by atoms with van der Waals surface area (Å²) in [7, 11) is 0. The Bertz CT molecular complexity index is 539. The van der Waals surface area contributed by atoms with Crippen LogP contribution < -0.4 is 0 Å². The molecule has 4 rings (SSSR count). The maximum Gasteiger partial charge on any atom is 0.155 e. The van der Waals surface area contributed by atoms with Gasteiger partial charge in [-0.15, -0.1) is 0 Å². The van der Waals surface area contributed by atoms with Gasteiger partial charge in [0, 0.05) is 6.42 Å². The number of hydrogen-bond acceptors (Lipinski definition) is 3. The summed E-state index contributed by atoms with van der Waals surface area (Å²) < 4.78 is 0. The molecule has 3 fully saturated rings. The normalized spacial score (nSPS) is 54.3. The van der Waals surface area contributed by atoms with Gasteiger partial charge in [-0.2, -0.15) is 0 Å². The monoisotopic (exact) mass is 304 g/mol. The third-order valence-corrected chi connectivity index (χ3v) is 7.93. The summed E-state index contributed by atoms with van der Waals surface area (Å²) in [6.45, 7) is 4.54. The van der Waals surface area contributed by atoms with E-state index >= 15 is 0 Å². The zero-order valence-electron chi connectivity index (χ0n) is 13.7. The molecule has 3 heteroatoms. The molecule has 122 valence electrons. The highest BCUT2D eigenvalue weighted by atomic mass is 16.3. The van der Waals surface area contributed by atoms with Crippen LogP contribution in [-0.4, -0.2) is 28.2 Å². The first-order valence-corrected chi connectivity index (χ1v) is 8.97. The van der Waals surface area contributed by atoms with Crippen LogP contribution in [-0.2, 0) is 4.79 Å². The Hall–Kier alpha value is -0.670. The van der Waals surface area contributed by atoms with Crippen molar-refractivity contribution < 1.29 is 15.0 Å². The fourth-order valence-corrected chi connectivity index (χ4v) is 6.58. The Balaban J connectivity index is 1.73. The predicted octanol–water partition coefficient (Wildman–Crippen LogP) is 2.85. The minimum Gasteiger partial charge on any atom is -0.393 e. The van der Waals surface area contributed by atoms with Gasteiger partial charge in [0.1, 0.15) is 0 Å². The third kappa shape index (κ3) is 1.78. The zero-order chi connectivity index (χ0) is 15.7. The highest BCUT2D eigenvalue weighted by Crippen LogP contribution is 2.65. The van der Waals surface area contributed by atoms with Crippen LogP contribution in [0.5, 0.6) is 0 Å². The molecule has 0 aromatic rings. The molecule has 0 radical (unpaired) electrons. The average Bonchev–Trinajstić information content (AvgIpc) is 2.77. The number of rotatable bonds is 0. The Morgan fingerprint density at radius 3 is 2.64 bits per heavy atom. The first-order chi connectivity index (χ1) is 10.4. The van der Waals surface area contributed by atoms with E-state index in [1.807, 2.05) is 0 Å². The summed E-state index contributed by atoms with van der Waals surface area (Å²) in [5.74, 6) is 1.79. The molecule has 22 heavy (non-hydrogen) atoms. The van der Waals surface area contributed by atoms with Gasteiger partial charge >= 0.3 is 0 Å². The quantitative estimate of drug-likeness (QED) is 0.723. The van der Waals surface area contributed by atoms with Gasteiger partial charge in [0.25, 0.3) is 0 Å². The fraction of sp³-hybridized carbons (Fsp3) is 0.842. The van der Waals surface area contributed by atoms with Gasteiger partial charge < -0.3 is 10.2 Å². The van der Waals surface area contributed by atoms with Crippen molar-refractivity contribution in [1.29, 1.82) is 0 Å². The molecule has 2 unspecified atom stereocenters. The number of carbonyl (C=O) groups excluding carboxylic acids is 1. The maximum atomic E-state index is 11.8. The molecular weight excluding hydrogens is 276 g/mol. The van der Waals surface area contributed by atoms with Crippen molar-refractivity contribution in [3.8, 4) is 0 Å². The fourth-order valence-electron chi connectivity index (χ4n) is 6.58. The topological polar surface area (TPSA) is 57.5 Å². The van der Waals surface area contributed by atoms with Crippen LogP contribution in [0.15, 0.2) is 11.6 Å². The van der Waals surface area contributed by atoms with E-state index in [1.165, 1.54) is 0 Å². The molecule has 2 N–H and O–H groups in total. The van der Waals surface area contributed by atoms with Gasteiger partial charge in [-0.1, -0.05) is 13.8 Å². The Morgan fingerprint density at radius 2 is 1.86 bits per heavy atom. The van der Waals surface area contributed by atoms with E-state index < -0.39 is 6.10 Å². The molecule has 4 aliphatic rings. The largest absolute Gasteiger partial charge is 0.393 e. The second-order valence-electron chi connectivity index (χ2n) is 8.75. The van der Waals surface area contributed by atoms with E-state index in [0.29, 0.717) is 24.2 Å². The van der Waals surface area contributed by atoms with Crippen molar-refractivity contribution in [3.63, 3.8) is 0 Å². The molecule has 0 aliphatic heterocycles. The zero-order valence-corrected chi connectivity index (χ0v) is 13.7.